The lowest BCUT2D eigenvalue weighted by atomic mass is 10.0. The SMILES string of the molecule is CCCCCCCCc1ccc(-c2ncc(OCCCCOC)cn2)cc1. The lowest BCUT2D eigenvalue weighted by Crippen LogP contribution is -2.00. The van der Waals surface area contributed by atoms with Crippen molar-refractivity contribution >= 4 is 0 Å². The molecule has 148 valence electrons. The third-order valence-corrected chi connectivity index (χ3v) is 4.67. The zero-order valence-electron chi connectivity index (χ0n) is 17.0. The van der Waals surface area contributed by atoms with Crippen molar-refractivity contribution in [1.29, 1.82) is 0 Å². The molecule has 0 fully saturated rings. The highest BCUT2D eigenvalue weighted by Crippen LogP contribution is 2.18. The second-order valence-electron chi connectivity index (χ2n) is 7.01. The van der Waals surface area contributed by atoms with E-state index in [2.05, 4.69) is 41.2 Å². The fourth-order valence-corrected chi connectivity index (χ4v) is 3.01. The Morgan fingerprint density at radius 3 is 2.15 bits per heavy atom. The molecule has 0 radical (unpaired) electrons. The Kier molecular flexibility index (Phi) is 10.5. The molecule has 0 amide bonds. The molecule has 0 aliphatic carbocycles. The predicted octanol–water partition coefficient (Wildman–Crippen LogP) is 5.85. The summed E-state index contributed by atoms with van der Waals surface area (Å²) < 4.78 is 10.7. The fraction of sp³-hybridized carbons (Fsp3) is 0.565. The van der Waals surface area contributed by atoms with Crippen molar-refractivity contribution in [2.75, 3.05) is 20.3 Å². The monoisotopic (exact) mass is 370 g/mol. The zero-order valence-corrected chi connectivity index (χ0v) is 17.0. The summed E-state index contributed by atoms with van der Waals surface area (Å²) in [6, 6.07) is 8.63. The summed E-state index contributed by atoms with van der Waals surface area (Å²) in [6.45, 7) is 3.70. The number of benzene rings is 1. The van der Waals surface area contributed by atoms with Crippen molar-refractivity contribution in [3.05, 3.63) is 42.2 Å². The molecule has 0 aliphatic heterocycles. The Morgan fingerprint density at radius 1 is 0.778 bits per heavy atom. The molecule has 4 nitrogen and oxygen atoms in total. The Balaban J connectivity index is 1.74. The van der Waals surface area contributed by atoms with Crippen LogP contribution in [0.3, 0.4) is 0 Å². The highest BCUT2D eigenvalue weighted by atomic mass is 16.5. The molecule has 0 aliphatic rings. The standard InChI is InChI=1S/C23H34N2O2/c1-3-4-5-6-7-8-11-20-12-14-21(15-13-20)23-24-18-22(19-25-23)27-17-10-9-16-26-2/h12-15,18-19H,3-11,16-17H2,1-2H3. The summed E-state index contributed by atoms with van der Waals surface area (Å²) in [5.41, 5.74) is 2.44. The van der Waals surface area contributed by atoms with Gasteiger partial charge in [-0.15, -0.1) is 0 Å². The molecule has 0 atom stereocenters. The zero-order chi connectivity index (χ0) is 19.2. The normalized spacial score (nSPS) is 10.9. The molecular formula is C23H34N2O2. The van der Waals surface area contributed by atoms with E-state index in [9.17, 15) is 0 Å². The van der Waals surface area contributed by atoms with Gasteiger partial charge >= 0.3 is 0 Å². The maximum Gasteiger partial charge on any atom is 0.159 e. The van der Waals surface area contributed by atoms with Gasteiger partial charge in [-0.25, -0.2) is 9.97 Å². The Bertz CT molecular complexity index is 611. The van der Waals surface area contributed by atoms with Crippen LogP contribution in [0.1, 0.15) is 63.9 Å². The van der Waals surface area contributed by atoms with Gasteiger partial charge in [0.1, 0.15) is 0 Å². The first-order valence-corrected chi connectivity index (χ1v) is 10.4. The van der Waals surface area contributed by atoms with Crippen LogP contribution in [0.15, 0.2) is 36.7 Å². The predicted molar refractivity (Wildman–Crippen MR) is 111 cm³/mol. The summed E-state index contributed by atoms with van der Waals surface area (Å²) in [6.07, 6.45) is 14.6. The molecule has 4 heteroatoms. The number of hydrogen-bond donors (Lipinski definition) is 0. The fourth-order valence-electron chi connectivity index (χ4n) is 3.01. The third-order valence-electron chi connectivity index (χ3n) is 4.67. The van der Waals surface area contributed by atoms with Crippen molar-refractivity contribution in [2.24, 2.45) is 0 Å². The van der Waals surface area contributed by atoms with Gasteiger partial charge < -0.3 is 9.47 Å². The largest absolute Gasteiger partial charge is 0.490 e. The number of unbranched alkanes of at least 4 members (excludes halogenated alkanes) is 6. The molecular weight excluding hydrogens is 336 g/mol. The van der Waals surface area contributed by atoms with Crippen molar-refractivity contribution in [3.8, 4) is 17.1 Å². The van der Waals surface area contributed by atoms with Crippen LogP contribution >= 0.6 is 0 Å². The molecule has 2 aromatic rings. The van der Waals surface area contributed by atoms with Crippen molar-refractivity contribution in [1.82, 2.24) is 9.97 Å². The van der Waals surface area contributed by atoms with Crippen LogP contribution in [-0.4, -0.2) is 30.3 Å². The van der Waals surface area contributed by atoms with Crippen LogP contribution in [0.25, 0.3) is 11.4 Å². The van der Waals surface area contributed by atoms with E-state index in [4.69, 9.17) is 9.47 Å². The van der Waals surface area contributed by atoms with Crippen molar-refractivity contribution in [2.45, 2.75) is 64.7 Å². The van der Waals surface area contributed by atoms with Gasteiger partial charge in [0.25, 0.3) is 0 Å². The van der Waals surface area contributed by atoms with Crippen molar-refractivity contribution < 1.29 is 9.47 Å². The maximum atomic E-state index is 5.66. The number of aryl methyl sites for hydroxylation is 1. The van der Waals surface area contributed by atoms with Crippen molar-refractivity contribution in [3.63, 3.8) is 0 Å². The molecule has 0 spiro atoms. The first-order chi connectivity index (χ1) is 13.3. The Morgan fingerprint density at radius 2 is 1.44 bits per heavy atom. The number of methoxy groups -OCH3 is 1. The summed E-state index contributed by atoms with van der Waals surface area (Å²) in [4.78, 5) is 8.87. The third kappa shape index (κ3) is 8.53. The summed E-state index contributed by atoms with van der Waals surface area (Å²) in [5, 5.41) is 0. The molecule has 1 aromatic carbocycles. The number of hydrogen-bond acceptors (Lipinski definition) is 4. The number of ether oxygens (including phenoxy) is 2. The minimum Gasteiger partial charge on any atom is -0.490 e. The Labute approximate surface area is 164 Å². The molecule has 27 heavy (non-hydrogen) atoms. The van der Waals surface area contributed by atoms with Crippen LogP contribution in [0.5, 0.6) is 5.75 Å². The summed E-state index contributed by atoms with van der Waals surface area (Å²) >= 11 is 0. The average molecular weight is 371 g/mol. The molecule has 0 N–H and O–H groups in total. The van der Waals surface area contributed by atoms with Gasteiger partial charge in [0.2, 0.25) is 0 Å². The number of rotatable bonds is 14. The minimum atomic E-state index is 0.666. The smallest absolute Gasteiger partial charge is 0.159 e. The topological polar surface area (TPSA) is 44.2 Å². The van der Waals surface area contributed by atoms with E-state index in [1.165, 1.54) is 44.1 Å². The second-order valence-corrected chi connectivity index (χ2v) is 7.01. The first kappa shape index (κ1) is 21.4. The summed E-state index contributed by atoms with van der Waals surface area (Å²) in [5.74, 6) is 1.46. The van der Waals surface area contributed by atoms with Gasteiger partial charge in [0, 0.05) is 19.3 Å². The van der Waals surface area contributed by atoms with E-state index in [1.54, 1.807) is 19.5 Å². The highest BCUT2D eigenvalue weighted by Gasteiger charge is 2.03. The van der Waals surface area contributed by atoms with E-state index >= 15 is 0 Å². The first-order valence-electron chi connectivity index (χ1n) is 10.4. The average Bonchev–Trinajstić information content (AvgIpc) is 2.71. The molecule has 0 unspecified atom stereocenters. The van der Waals surface area contributed by atoms with E-state index in [1.807, 2.05) is 0 Å². The Hall–Kier alpha value is -1.94. The summed E-state index contributed by atoms with van der Waals surface area (Å²) in [7, 11) is 1.72. The number of aromatic nitrogens is 2. The molecule has 0 saturated heterocycles. The van der Waals surface area contributed by atoms with Crippen LogP contribution in [-0.2, 0) is 11.2 Å². The molecule has 0 bridgehead atoms. The minimum absolute atomic E-state index is 0.666. The van der Waals surface area contributed by atoms with Crippen LogP contribution in [0.2, 0.25) is 0 Å². The van der Waals surface area contributed by atoms with Gasteiger partial charge in [-0.2, -0.15) is 0 Å². The number of nitrogens with zero attached hydrogens (tertiary/aromatic N) is 2. The van der Waals surface area contributed by atoms with Crippen LogP contribution in [0, 0.1) is 0 Å². The lowest BCUT2D eigenvalue weighted by molar-refractivity contribution is 0.184. The maximum absolute atomic E-state index is 5.66. The van der Waals surface area contributed by atoms with Crippen LogP contribution in [0.4, 0.5) is 0 Å². The second kappa shape index (κ2) is 13.3. The van der Waals surface area contributed by atoms with E-state index in [0.29, 0.717) is 6.61 Å². The quantitative estimate of drug-likeness (QED) is 0.391. The van der Waals surface area contributed by atoms with Gasteiger partial charge in [-0.05, 0) is 31.2 Å². The van der Waals surface area contributed by atoms with Gasteiger partial charge in [-0.1, -0.05) is 63.3 Å². The molecule has 1 heterocycles. The molecule has 2 rings (SSSR count). The van der Waals surface area contributed by atoms with E-state index in [0.717, 1.165) is 43.0 Å². The van der Waals surface area contributed by atoms with Crippen LogP contribution < -0.4 is 4.74 Å². The molecule has 1 aromatic heterocycles. The van der Waals surface area contributed by atoms with Gasteiger partial charge in [-0.3, -0.25) is 0 Å². The highest BCUT2D eigenvalue weighted by molar-refractivity contribution is 5.55. The molecule has 0 saturated carbocycles. The van der Waals surface area contributed by atoms with E-state index < -0.39 is 0 Å². The van der Waals surface area contributed by atoms with Gasteiger partial charge in [0.15, 0.2) is 11.6 Å². The van der Waals surface area contributed by atoms with Gasteiger partial charge in [0.05, 0.1) is 19.0 Å². The lowest BCUT2D eigenvalue weighted by Gasteiger charge is -2.07. The van der Waals surface area contributed by atoms with E-state index in [-0.39, 0.29) is 0 Å².